The Balaban J connectivity index is 1.14. The van der Waals surface area contributed by atoms with Crippen LogP contribution >= 0.6 is 11.6 Å². The average molecular weight is 602 g/mol. The van der Waals surface area contributed by atoms with Crippen molar-refractivity contribution in [2.24, 2.45) is 0 Å². The van der Waals surface area contributed by atoms with Gasteiger partial charge in [-0.1, -0.05) is 72.3 Å². The van der Waals surface area contributed by atoms with E-state index in [2.05, 4.69) is 16.3 Å². The van der Waals surface area contributed by atoms with Crippen molar-refractivity contribution in [3.8, 4) is 16.9 Å². The van der Waals surface area contributed by atoms with Gasteiger partial charge in [-0.3, -0.25) is 9.59 Å². The first kappa shape index (κ1) is 29.0. The Bertz CT molecular complexity index is 1740. The second kappa shape index (κ2) is 13.5. The molecule has 0 saturated carbocycles. The number of carbonyl (C=O) groups is 2. The van der Waals surface area contributed by atoms with Crippen LogP contribution in [0, 0.1) is 0 Å². The normalized spacial score (nSPS) is 12.7. The van der Waals surface area contributed by atoms with Crippen molar-refractivity contribution in [2.75, 3.05) is 41.4 Å². The molecule has 0 saturated heterocycles. The van der Waals surface area contributed by atoms with Crippen LogP contribution in [-0.4, -0.2) is 38.1 Å². The summed E-state index contributed by atoms with van der Waals surface area (Å²) in [5.74, 6) is 0.489. The highest BCUT2D eigenvalue weighted by molar-refractivity contribution is 6.30. The number of amides is 2. The number of ether oxygens (including phenoxy) is 1. The van der Waals surface area contributed by atoms with Gasteiger partial charge in [0.05, 0.1) is 17.9 Å². The summed E-state index contributed by atoms with van der Waals surface area (Å²) in [4.78, 5) is 31.1. The van der Waals surface area contributed by atoms with Gasteiger partial charge >= 0.3 is 0 Å². The molecule has 1 heterocycles. The van der Waals surface area contributed by atoms with E-state index in [4.69, 9.17) is 16.3 Å². The van der Waals surface area contributed by atoms with Gasteiger partial charge in [0.25, 0.3) is 11.8 Å². The number of para-hydroxylation sites is 2. The Morgan fingerprint density at radius 3 is 2.18 bits per heavy atom. The number of halogens is 1. The van der Waals surface area contributed by atoms with E-state index in [0.29, 0.717) is 41.5 Å². The van der Waals surface area contributed by atoms with E-state index < -0.39 is 0 Å². The van der Waals surface area contributed by atoms with Crippen LogP contribution in [0.3, 0.4) is 0 Å². The third-order valence-corrected chi connectivity index (χ3v) is 7.91. The molecular weight excluding hydrogens is 570 g/mol. The molecule has 0 fully saturated rings. The summed E-state index contributed by atoms with van der Waals surface area (Å²) in [5.41, 5.74) is 5.48. The standard InChI is InChI=1S/C37H32ClN3O3/c38-29-17-21-31(22-18-29)44-26-25-40-23-8-24-41(35-14-7-6-13-34(35)40)37(43)28-15-19-30(20-16-28)39-36(42)33-12-5-4-11-32(33)27-9-2-1-3-10-27/h1-7,9-22H,8,23-26H2,(H,39,42). The smallest absolute Gasteiger partial charge is 0.258 e. The predicted molar refractivity (Wildman–Crippen MR) is 178 cm³/mol. The molecule has 0 bridgehead atoms. The monoisotopic (exact) mass is 601 g/mol. The molecule has 0 radical (unpaired) electrons. The van der Waals surface area contributed by atoms with Crippen molar-refractivity contribution in [3.05, 3.63) is 144 Å². The zero-order valence-electron chi connectivity index (χ0n) is 24.2. The minimum absolute atomic E-state index is 0.0796. The Morgan fingerprint density at radius 2 is 1.41 bits per heavy atom. The van der Waals surface area contributed by atoms with Crippen molar-refractivity contribution in [1.29, 1.82) is 0 Å². The lowest BCUT2D eigenvalue weighted by atomic mass is 9.99. The Morgan fingerprint density at radius 1 is 0.727 bits per heavy atom. The summed E-state index contributed by atoms with van der Waals surface area (Å²) in [6.45, 7) is 2.59. The van der Waals surface area contributed by atoms with Gasteiger partial charge in [0, 0.05) is 34.9 Å². The van der Waals surface area contributed by atoms with Crippen LogP contribution in [0.1, 0.15) is 27.1 Å². The van der Waals surface area contributed by atoms with Crippen molar-refractivity contribution in [1.82, 2.24) is 0 Å². The first-order valence-electron chi connectivity index (χ1n) is 14.7. The third-order valence-electron chi connectivity index (χ3n) is 7.66. The van der Waals surface area contributed by atoms with Crippen molar-refractivity contribution in [3.63, 3.8) is 0 Å². The maximum absolute atomic E-state index is 13.8. The Labute approximate surface area is 262 Å². The molecule has 1 aliphatic heterocycles. The highest BCUT2D eigenvalue weighted by atomic mass is 35.5. The number of carbonyl (C=O) groups excluding carboxylic acids is 2. The van der Waals surface area contributed by atoms with Crippen LogP contribution in [0.5, 0.6) is 5.75 Å². The van der Waals surface area contributed by atoms with Gasteiger partial charge in [-0.2, -0.15) is 0 Å². The summed E-state index contributed by atoms with van der Waals surface area (Å²) in [6, 6.07) is 39.8. The lowest BCUT2D eigenvalue weighted by Crippen LogP contribution is -2.31. The van der Waals surface area contributed by atoms with Gasteiger partial charge in [-0.15, -0.1) is 0 Å². The topological polar surface area (TPSA) is 61.9 Å². The van der Waals surface area contributed by atoms with Crippen LogP contribution in [0.25, 0.3) is 11.1 Å². The zero-order chi connectivity index (χ0) is 30.3. The molecule has 5 aromatic carbocycles. The minimum Gasteiger partial charge on any atom is -0.492 e. The lowest BCUT2D eigenvalue weighted by molar-refractivity contribution is 0.0986. The van der Waals surface area contributed by atoms with Crippen LogP contribution in [-0.2, 0) is 0 Å². The van der Waals surface area contributed by atoms with Gasteiger partial charge < -0.3 is 19.9 Å². The lowest BCUT2D eigenvalue weighted by Gasteiger charge is -2.27. The second-order valence-corrected chi connectivity index (χ2v) is 11.0. The zero-order valence-corrected chi connectivity index (χ0v) is 24.9. The number of fused-ring (bicyclic) bond motifs is 1. The Kier molecular flexibility index (Phi) is 8.90. The van der Waals surface area contributed by atoms with E-state index in [-0.39, 0.29) is 11.8 Å². The van der Waals surface area contributed by atoms with E-state index in [1.807, 2.05) is 102 Å². The fourth-order valence-electron chi connectivity index (χ4n) is 5.47. The van der Waals surface area contributed by atoms with Crippen molar-refractivity contribution < 1.29 is 14.3 Å². The van der Waals surface area contributed by atoms with Crippen LogP contribution in [0.15, 0.2) is 127 Å². The molecule has 1 N–H and O–H groups in total. The van der Waals surface area contributed by atoms with Crippen LogP contribution < -0.4 is 19.9 Å². The molecule has 2 amide bonds. The number of nitrogens with zero attached hydrogens (tertiary/aromatic N) is 2. The molecule has 0 spiro atoms. The highest BCUT2D eigenvalue weighted by Gasteiger charge is 2.25. The maximum Gasteiger partial charge on any atom is 0.258 e. The summed E-state index contributed by atoms with van der Waals surface area (Å²) in [6.07, 6.45) is 0.816. The molecule has 1 aliphatic rings. The molecule has 0 unspecified atom stereocenters. The van der Waals surface area contributed by atoms with Gasteiger partial charge in [-0.25, -0.2) is 0 Å². The fraction of sp³-hybridized carbons (Fsp3) is 0.135. The molecule has 7 heteroatoms. The molecule has 5 aromatic rings. The Hall–Kier alpha value is -5.07. The number of hydrogen-bond acceptors (Lipinski definition) is 4. The molecule has 0 atom stereocenters. The summed E-state index contributed by atoms with van der Waals surface area (Å²) >= 11 is 5.99. The van der Waals surface area contributed by atoms with Crippen LogP contribution in [0.4, 0.5) is 17.1 Å². The number of nitrogens with one attached hydrogen (secondary N) is 1. The number of rotatable bonds is 8. The van der Waals surface area contributed by atoms with E-state index in [1.165, 1.54) is 0 Å². The van der Waals surface area contributed by atoms with E-state index in [0.717, 1.165) is 41.2 Å². The largest absolute Gasteiger partial charge is 0.492 e. The number of anilines is 3. The molecule has 0 aliphatic carbocycles. The quantitative estimate of drug-likeness (QED) is 0.195. The summed E-state index contributed by atoms with van der Waals surface area (Å²) in [7, 11) is 0. The minimum atomic E-state index is -0.204. The number of hydrogen-bond donors (Lipinski definition) is 1. The first-order valence-corrected chi connectivity index (χ1v) is 15.0. The summed E-state index contributed by atoms with van der Waals surface area (Å²) < 4.78 is 5.95. The van der Waals surface area contributed by atoms with Crippen molar-refractivity contribution in [2.45, 2.75) is 6.42 Å². The average Bonchev–Trinajstić information content (AvgIpc) is 3.25. The molecular formula is C37H32ClN3O3. The van der Waals surface area contributed by atoms with Crippen LogP contribution in [0.2, 0.25) is 5.02 Å². The molecule has 0 aromatic heterocycles. The maximum atomic E-state index is 13.8. The van der Waals surface area contributed by atoms with E-state index in [9.17, 15) is 9.59 Å². The molecule has 44 heavy (non-hydrogen) atoms. The SMILES string of the molecule is O=C(Nc1ccc(C(=O)N2CCCN(CCOc3ccc(Cl)cc3)c3ccccc32)cc1)c1ccccc1-c1ccccc1. The van der Waals surface area contributed by atoms with Gasteiger partial charge in [0.2, 0.25) is 0 Å². The summed E-state index contributed by atoms with van der Waals surface area (Å²) in [5, 5.41) is 3.66. The fourth-order valence-corrected chi connectivity index (χ4v) is 5.60. The predicted octanol–water partition coefficient (Wildman–Crippen LogP) is 8.20. The van der Waals surface area contributed by atoms with E-state index in [1.54, 1.807) is 24.3 Å². The van der Waals surface area contributed by atoms with E-state index >= 15 is 0 Å². The molecule has 6 rings (SSSR count). The number of benzene rings is 5. The first-order chi connectivity index (χ1) is 21.6. The molecule has 220 valence electrons. The van der Waals surface area contributed by atoms with Gasteiger partial charge in [0.1, 0.15) is 12.4 Å². The third kappa shape index (κ3) is 6.61. The highest BCUT2D eigenvalue weighted by Crippen LogP contribution is 2.33. The second-order valence-electron chi connectivity index (χ2n) is 10.5. The van der Waals surface area contributed by atoms with Gasteiger partial charge in [-0.05, 0) is 84.3 Å². The molecule has 6 nitrogen and oxygen atoms in total. The van der Waals surface area contributed by atoms with Gasteiger partial charge in [0.15, 0.2) is 0 Å². The van der Waals surface area contributed by atoms with Crippen molar-refractivity contribution >= 4 is 40.5 Å².